The molecule has 0 saturated heterocycles. The molecule has 0 aliphatic heterocycles. The Hall–Kier alpha value is -1.04. The molecule has 0 bridgehead atoms. The van der Waals surface area contributed by atoms with Crippen LogP contribution in [0.5, 0.6) is 0 Å². The molecule has 0 aliphatic rings. The molecule has 0 atom stereocenters. The summed E-state index contributed by atoms with van der Waals surface area (Å²) in [6, 6.07) is 10.3. The highest BCUT2D eigenvalue weighted by Gasteiger charge is 2.10. The maximum absolute atomic E-state index is 12.1. The number of nitrogens with two attached hydrogens (primary N) is 1. The Labute approximate surface area is 132 Å². The summed E-state index contributed by atoms with van der Waals surface area (Å²) >= 11 is 12.6. The van der Waals surface area contributed by atoms with Crippen molar-refractivity contribution >= 4 is 60.7 Å². The second kappa shape index (κ2) is 5.94. The monoisotopic (exact) mass is 402 g/mol. The van der Waals surface area contributed by atoms with Gasteiger partial charge in [-0.25, -0.2) is 0 Å². The van der Waals surface area contributed by atoms with Crippen LogP contribution in [0.4, 0.5) is 11.4 Å². The van der Waals surface area contributed by atoms with E-state index in [1.165, 1.54) is 6.07 Å². The molecule has 0 aliphatic carbocycles. The van der Waals surface area contributed by atoms with E-state index in [4.69, 9.17) is 17.3 Å². The molecule has 0 radical (unpaired) electrons. The minimum absolute atomic E-state index is 0.249. The van der Waals surface area contributed by atoms with Crippen molar-refractivity contribution in [3.8, 4) is 0 Å². The Kier molecular flexibility index (Phi) is 4.50. The fraction of sp³-hybridized carbons (Fsp3) is 0. The maximum atomic E-state index is 12.1. The molecule has 0 heterocycles. The lowest BCUT2D eigenvalue weighted by atomic mass is 10.2. The second-order valence-electron chi connectivity index (χ2n) is 3.81. The Morgan fingerprint density at radius 2 is 1.89 bits per heavy atom. The first kappa shape index (κ1) is 14.4. The van der Waals surface area contributed by atoms with Crippen molar-refractivity contribution < 1.29 is 4.79 Å². The zero-order chi connectivity index (χ0) is 14.0. The van der Waals surface area contributed by atoms with E-state index in [2.05, 4.69) is 37.2 Å². The average molecular weight is 404 g/mol. The number of nitrogen functional groups attached to an aromatic ring is 1. The van der Waals surface area contributed by atoms with Gasteiger partial charge in [-0.2, -0.15) is 0 Å². The predicted octanol–water partition coefficient (Wildman–Crippen LogP) is 4.70. The summed E-state index contributed by atoms with van der Waals surface area (Å²) in [5, 5.41) is 3.16. The summed E-state index contributed by atoms with van der Waals surface area (Å²) in [4.78, 5) is 12.1. The number of benzene rings is 2. The molecule has 3 nitrogen and oxygen atoms in total. The van der Waals surface area contributed by atoms with Gasteiger partial charge in [0.25, 0.3) is 5.91 Å². The van der Waals surface area contributed by atoms with Crippen LogP contribution in [0, 0.1) is 0 Å². The molecule has 19 heavy (non-hydrogen) atoms. The fourth-order valence-corrected chi connectivity index (χ4v) is 2.34. The maximum Gasteiger partial charge on any atom is 0.255 e. The lowest BCUT2D eigenvalue weighted by Crippen LogP contribution is -2.12. The van der Waals surface area contributed by atoms with Crippen molar-refractivity contribution in [2.75, 3.05) is 11.1 Å². The number of carbonyl (C=O) groups is 1. The van der Waals surface area contributed by atoms with Gasteiger partial charge in [-0.1, -0.05) is 27.5 Å². The number of hydrogen-bond acceptors (Lipinski definition) is 2. The van der Waals surface area contributed by atoms with Crippen LogP contribution in [0.2, 0.25) is 5.02 Å². The standard InChI is InChI=1S/C13H9Br2ClN2O/c14-8-2-3-9(15)12(6-8)18-13(19)7-1-4-11(17)10(16)5-7/h1-6H,17H2,(H,18,19). The van der Waals surface area contributed by atoms with Crippen LogP contribution in [0.3, 0.4) is 0 Å². The SMILES string of the molecule is Nc1ccc(C(=O)Nc2cc(Br)ccc2Br)cc1Cl. The van der Waals surface area contributed by atoms with E-state index in [-0.39, 0.29) is 5.91 Å². The van der Waals surface area contributed by atoms with Crippen molar-refractivity contribution in [3.63, 3.8) is 0 Å². The number of anilines is 2. The average Bonchev–Trinajstić information content (AvgIpc) is 2.37. The number of amides is 1. The third-order valence-corrected chi connectivity index (χ3v) is 3.95. The van der Waals surface area contributed by atoms with Gasteiger partial charge in [-0.3, -0.25) is 4.79 Å². The van der Waals surface area contributed by atoms with Gasteiger partial charge in [0.1, 0.15) is 0 Å². The fourth-order valence-electron chi connectivity index (χ4n) is 1.46. The topological polar surface area (TPSA) is 55.1 Å². The first-order chi connectivity index (χ1) is 8.97. The van der Waals surface area contributed by atoms with Crippen LogP contribution >= 0.6 is 43.5 Å². The van der Waals surface area contributed by atoms with Crippen molar-refractivity contribution in [2.24, 2.45) is 0 Å². The molecule has 6 heteroatoms. The molecule has 2 aromatic carbocycles. The quantitative estimate of drug-likeness (QED) is 0.713. The lowest BCUT2D eigenvalue weighted by Gasteiger charge is -2.08. The van der Waals surface area contributed by atoms with E-state index >= 15 is 0 Å². The Morgan fingerprint density at radius 3 is 2.58 bits per heavy atom. The summed E-state index contributed by atoms with van der Waals surface area (Å²) in [6.45, 7) is 0. The predicted molar refractivity (Wildman–Crippen MR) is 85.7 cm³/mol. The highest BCUT2D eigenvalue weighted by molar-refractivity contribution is 9.11. The van der Waals surface area contributed by atoms with Crippen LogP contribution < -0.4 is 11.1 Å². The molecule has 0 saturated carbocycles. The third-order valence-electron chi connectivity index (χ3n) is 2.44. The van der Waals surface area contributed by atoms with Crippen LogP contribution in [-0.2, 0) is 0 Å². The van der Waals surface area contributed by atoms with Gasteiger partial charge in [0.2, 0.25) is 0 Å². The molecular weight excluding hydrogens is 395 g/mol. The van der Waals surface area contributed by atoms with E-state index in [9.17, 15) is 4.79 Å². The van der Waals surface area contributed by atoms with Crippen LogP contribution in [0.15, 0.2) is 45.3 Å². The molecule has 3 N–H and O–H groups in total. The normalized spacial score (nSPS) is 10.3. The van der Waals surface area contributed by atoms with Crippen LogP contribution in [0.1, 0.15) is 10.4 Å². The summed E-state index contributed by atoms with van der Waals surface area (Å²) < 4.78 is 1.67. The Bertz CT molecular complexity index is 647. The first-order valence-corrected chi connectivity index (χ1v) is 7.25. The van der Waals surface area contributed by atoms with Gasteiger partial charge in [-0.15, -0.1) is 0 Å². The van der Waals surface area contributed by atoms with Crippen molar-refractivity contribution in [1.29, 1.82) is 0 Å². The van der Waals surface area contributed by atoms with Gasteiger partial charge in [0.05, 0.1) is 16.4 Å². The summed E-state index contributed by atoms with van der Waals surface area (Å²) in [5.41, 5.74) is 7.18. The van der Waals surface area contributed by atoms with Crippen molar-refractivity contribution in [3.05, 3.63) is 55.9 Å². The van der Waals surface area contributed by atoms with E-state index < -0.39 is 0 Å². The first-order valence-electron chi connectivity index (χ1n) is 5.29. The van der Waals surface area contributed by atoms with Gasteiger partial charge in [-0.05, 0) is 52.3 Å². The molecular formula is C13H9Br2ClN2O. The highest BCUT2D eigenvalue weighted by atomic mass is 79.9. The van der Waals surface area contributed by atoms with Crippen molar-refractivity contribution in [2.45, 2.75) is 0 Å². The minimum atomic E-state index is -0.249. The molecule has 0 spiro atoms. The van der Waals surface area contributed by atoms with E-state index in [0.29, 0.717) is 22.0 Å². The molecule has 2 rings (SSSR count). The number of rotatable bonds is 2. The third kappa shape index (κ3) is 3.49. The molecule has 1 amide bonds. The second-order valence-corrected chi connectivity index (χ2v) is 5.99. The number of carbonyl (C=O) groups excluding carboxylic acids is 1. The summed E-state index contributed by atoms with van der Waals surface area (Å²) in [6.07, 6.45) is 0. The molecule has 0 fully saturated rings. The summed E-state index contributed by atoms with van der Waals surface area (Å²) in [5.74, 6) is -0.249. The zero-order valence-electron chi connectivity index (χ0n) is 9.58. The van der Waals surface area contributed by atoms with E-state index in [0.717, 1.165) is 8.95 Å². The van der Waals surface area contributed by atoms with E-state index in [1.54, 1.807) is 18.2 Å². The number of nitrogens with one attached hydrogen (secondary N) is 1. The number of hydrogen-bond donors (Lipinski definition) is 2. The lowest BCUT2D eigenvalue weighted by molar-refractivity contribution is 0.102. The van der Waals surface area contributed by atoms with Crippen LogP contribution in [-0.4, -0.2) is 5.91 Å². The zero-order valence-corrected chi connectivity index (χ0v) is 13.5. The minimum Gasteiger partial charge on any atom is -0.398 e. The van der Waals surface area contributed by atoms with Gasteiger partial charge in [0, 0.05) is 14.5 Å². The Morgan fingerprint density at radius 1 is 1.16 bits per heavy atom. The van der Waals surface area contributed by atoms with Gasteiger partial charge >= 0.3 is 0 Å². The number of halogens is 3. The van der Waals surface area contributed by atoms with Gasteiger partial charge < -0.3 is 11.1 Å². The highest BCUT2D eigenvalue weighted by Crippen LogP contribution is 2.27. The molecule has 0 aromatic heterocycles. The van der Waals surface area contributed by atoms with Crippen LogP contribution in [0.25, 0.3) is 0 Å². The summed E-state index contributed by atoms with van der Waals surface area (Å²) in [7, 11) is 0. The molecule has 0 unspecified atom stereocenters. The molecule has 2 aromatic rings. The van der Waals surface area contributed by atoms with Gasteiger partial charge in [0.15, 0.2) is 0 Å². The Balaban J connectivity index is 2.25. The smallest absolute Gasteiger partial charge is 0.255 e. The van der Waals surface area contributed by atoms with Crippen molar-refractivity contribution in [1.82, 2.24) is 0 Å². The largest absolute Gasteiger partial charge is 0.398 e. The van der Waals surface area contributed by atoms with E-state index in [1.807, 2.05) is 12.1 Å². The molecule has 98 valence electrons.